The summed E-state index contributed by atoms with van der Waals surface area (Å²) in [5.74, 6) is -0.773. The molecule has 10 nitrogen and oxygen atoms in total. The van der Waals surface area contributed by atoms with Gasteiger partial charge < -0.3 is 20.3 Å². The number of nitro benzene ring substituents is 1. The molecule has 1 aliphatic rings. The molecule has 1 aromatic carbocycles. The van der Waals surface area contributed by atoms with Crippen LogP contribution in [0.4, 0.5) is 15.5 Å². The second-order valence-corrected chi connectivity index (χ2v) is 7.71. The number of amides is 3. The molecule has 0 saturated carbocycles. The third-order valence-corrected chi connectivity index (χ3v) is 5.84. The van der Waals surface area contributed by atoms with Crippen LogP contribution in [-0.4, -0.2) is 48.4 Å². The molecule has 1 aromatic heterocycles. The summed E-state index contributed by atoms with van der Waals surface area (Å²) in [6.07, 6.45) is 2.83. The Hall–Kier alpha value is -3.73. The number of fused-ring (bicyclic) bond motifs is 1. The molecule has 162 valence electrons. The van der Waals surface area contributed by atoms with Crippen molar-refractivity contribution in [3.63, 3.8) is 0 Å². The molecule has 1 aliphatic heterocycles. The third-order valence-electron chi connectivity index (χ3n) is 4.71. The van der Waals surface area contributed by atoms with Gasteiger partial charge in [0.25, 0.3) is 11.6 Å². The van der Waals surface area contributed by atoms with Gasteiger partial charge in [-0.15, -0.1) is 11.3 Å². The molecule has 0 fully saturated rings. The van der Waals surface area contributed by atoms with E-state index in [-0.39, 0.29) is 11.6 Å². The minimum absolute atomic E-state index is 0.0398. The first-order chi connectivity index (χ1) is 14.8. The van der Waals surface area contributed by atoms with Crippen LogP contribution >= 0.6 is 11.3 Å². The van der Waals surface area contributed by atoms with E-state index in [1.165, 1.54) is 66.8 Å². The molecule has 0 unspecified atom stereocenters. The van der Waals surface area contributed by atoms with Crippen LogP contribution < -0.4 is 10.6 Å². The van der Waals surface area contributed by atoms with Gasteiger partial charge in [0.15, 0.2) is 0 Å². The summed E-state index contributed by atoms with van der Waals surface area (Å²) in [5, 5.41) is 16.4. The van der Waals surface area contributed by atoms with Crippen LogP contribution in [0.5, 0.6) is 0 Å². The van der Waals surface area contributed by atoms with Crippen LogP contribution in [0.3, 0.4) is 0 Å². The van der Waals surface area contributed by atoms with E-state index in [0.717, 1.165) is 10.4 Å². The molecule has 3 amide bonds. The number of carbonyl (C=O) groups is 3. The quantitative estimate of drug-likeness (QED) is 0.414. The van der Waals surface area contributed by atoms with E-state index in [4.69, 9.17) is 4.74 Å². The van der Waals surface area contributed by atoms with Gasteiger partial charge in [0, 0.05) is 36.7 Å². The highest BCUT2D eigenvalue weighted by atomic mass is 32.1. The topological polar surface area (TPSA) is 131 Å². The number of benzene rings is 1. The van der Waals surface area contributed by atoms with Crippen molar-refractivity contribution in [2.24, 2.45) is 0 Å². The smallest absolute Gasteiger partial charge is 0.409 e. The molecule has 0 radical (unpaired) electrons. The Bertz CT molecular complexity index is 1060. The fraction of sp³-hybridized carbons (Fsp3) is 0.250. The van der Waals surface area contributed by atoms with Gasteiger partial charge in [0.05, 0.1) is 24.1 Å². The summed E-state index contributed by atoms with van der Waals surface area (Å²) >= 11 is 1.24. The molecule has 11 heteroatoms. The average Bonchev–Trinajstić information content (AvgIpc) is 3.13. The fourth-order valence-corrected chi connectivity index (χ4v) is 4.44. The van der Waals surface area contributed by atoms with Crippen LogP contribution in [0.15, 0.2) is 30.3 Å². The first kappa shape index (κ1) is 22.0. The zero-order chi connectivity index (χ0) is 22.5. The highest BCUT2D eigenvalue weighted by molar-refractivity contribution is 7.17. The second kappa shape index (κ2) is 9.39. The van der Waals surface area contributed by atoms with Crippen molar-refractivity contribution in [2.75, 3.05) is 26.0 Å². The molecule has 2 aromatic rings. The van der Waals surface area contributed by atoms with Gasteiger partial charge in [-0.25, -0.2) is 4.79 Å². The first-order valence-corrected chi connectivity index (χ1v) is 10.1. The van der Waals surface area contributed by atoms with Gasteiger partial charge in [-0.1, -0.05) is 0 Å². The van der Waals surface area contributed by atoms with Crippen molar-refractivity contribution < 1.29 is 24.0 Å². The molecule has 3 rings (SSSR count). The van der Waals surface area contributed by atoms with Crippen LogP contribution in [0.2, 0.25) is 0 Å². The van der Waals surface area contributed by atoms with Crippen LogP contribution in [-0.2, 0) is 22.5 Å². The van der Waals surface area contributed by atoms with Crippen LogP contribution in [0.25, 0.3) is 6.08 Å². The van der Waals surface area contributed by atoms with E-state index in [1.54, 1.807) is 0 Å². The van der Waals surface area contributed by atoms with Crippen molar-refractivity contribution >= 4 is 46.0 Å². The number of anilines is 1. The number of nitrogens with one attached hydrogen (secondary N) is 2. The van der Waals surface area contributed by atoms with Gasteiger partial charge in [-0.3, -0.25) is 19.7 Å². The number of rotatable bonds is 5. The molecule has 0 saturated heterocycles. The number of hydrogen-bond acceptors (Lipinski definition) is 7. The Balaban J connectivity index is 1.79. The number of thiophene rings is 1. The van der Waals surface area contributed by atoms with Crippen molar-refractivity contribution in [3.05, 3.63) is 62.0 Å². The lowest BCUT2D eigenvalue weighted by Gasteiger charge is -2.25. The lowest BCUT2D eigenvalue weighted by molar-refractivity contribution is -0.384. The number of hydrogen-bond donors (Lipinski definition) is 2. The average molecular weight is 444 g/mol. The summed E-state index contributed by atoms with van der Waals surface area (Å²) in [5.41, 5.74) is 1.77. The van der Waals surface area contributed by atoms with E-state index < -0.39 is 16.9 Å². The van der Waals surface area contributed by atoms with E-state index >= 15 is 0 Å². The van der Waals surface area contributed by atoms with Crippen molar-refractivity contribution in [3.8, 4) is 0 Å². The third kappa shape index (κ3) is 4.89. The Morgan fingerprint density at radius 2 is 1.97 bits per heavy atom. The SMILES string of the molecule is CNC(=O)c1c(NC(=O)/C=C\c2ccc([N+](=O)[O-])cc2)sc2c1CCN(C(=O)OC)C2. The summed E-state index contributed by atoms with van der Waals surface area (Å²) in [4.78, 5) is 49.3. The monoisotopic (exact) mass is 444 g/mol. The normalized spacial score (nSPS) is 12.9. The molecule has 2 N–H and O–H groups in total. The molecular weight excluding hydrogens is 424 g/mol. The molecule has 0 spiro atoms. The van der Waals surface area contributed by atoms with E-state index in [9.17, 15) is 24.5 Å². The van der Waals surface area contributed by atoms with Gasteiger partial charge in [-0.05, 0) is 35.8 Å². The second-order valence-electron chi connectivity index (χ2n) is 6.60. The largest absolute Gasteiger partial charge is 0.453 e. The van der Waals surface area contributed by atoms with Gasteiger partial charge in [-0.2, -0.15) is 0 Å². The minimum atomic E-state index is -0.500. The Labute approximate surface area is 181 Å². The maximum absolute atomic E-state index is 12.5. The van der Waals surface area contributed by atoms with Gasteiger partial charge >= 0.3 is 6.09 Å². The number of non-ortho nitro benzene ring substituents is 1. The molecule has 31 heavy (non-hydrogen) atoms. The van der Waals surface area contributed by atoms with E-state index in [2.05, 4.69) is 10.6 Å². The van der Waals surface area contributed by atoms with Crippen molar-refractivity contribution in [1.82, 2.24) is 10.2 Å². The molecular formula is C20H20N4O6S. The highest BCUT2D eigenvalue weighted by Crippen LogP contribution is 2.37. The van der Waals surface area contributed by atoms with Crippen molar-refractivity contribution in [2.45, 2.75) is 13.0 Å². The summed E-state index contributed by atoms with van der Waals surface area (Å²) in [7, 11) is 2.82. The Morgan fingerprint density at radius 3 is 2.58 bits per heavy atom. The predicted octanol–water partition coefficient (Wildman–Crippen LogP) is 2.79. The van der Waals surface area contributed by atoms with E-state index in [0.29, 0.717) is 35.6 Å². The number of nitrogens with zero attached hydrogens (tertiary/aromatic N) is 2. The fourth-order valence-electron chi connectivity index (χ4n) is 3.17. The first-order valence-electron chi connectivity index (χ1n) is 9.27. The number of methoxy groups -OCH3 is 1. The standard InChI is InChI=1S/C20H20N4O6S/c1-21-18(26)17-14-9-10-23(20(27)30-2)11-15(14)31-19(17)22-16(25)8-5-12-3-6-13(7-4-12)24(28)29/h3-8H,9-11H2,1-2H3,(H,21,26)(H,22,25)/b8-5-. The van der Waals surface area contributed by atoms with Gasteiger partial charge in [0.1, 0.15) is 5.00 Å². The number of carbonyl (C=O) groups excluding carboxylic acids is 3. The number of nitro groups is 1. The van der Waals surface area contributed by atoms with Gasteiger partial charge in [0.2, 0.25) is 5.91 Å². The molecule has 2 heterocycles. The molecule has 0 atom stereocenters. The predicted molar refractivity (Wildman–Crippen MR) is 115 cm³/mol. The maximum atomic E-state index is 12.5. The minimum Gasteiger partial charge on any atom is -0.453 e. The van der Waals surface area contributed by atoms with E-state index in [1.807, 2.05) is 0 Å². The summed E-state index contributed by atoms with van der Waals surface area (Å²) in [6, 6.07) is 5.76. The zero-order valence-electron chi connectivity index (χ0n) is 16.8. The maximum Gasteiger partial charge on any atom is 0.409 e. The van der Waals surface area contributed by atoms with Crippen molar-refractivity contribution in [1.29, 1.82) is 0 Å². The van der Waals surface area contributed by atoms with Crippen LogP contribution in [0, 0.1) is 10.1 Å². The lowest BCUT2D eigenvalue weighted by Crippen LogP contribution is -2.35. The highest BCUT2D eigenvalue weighted by Gasteiger charge is 2.30. The summed E-state index contributed by atoms with van der Waals surface area (Å²) < 4.78 is 4.77. The van der Waals surface area contributed by atoms with Crippen LogP contribution in [0.1, 0.15) is 26.4 Å². The zero-order valence-corrected chi connectivity index (χ0v) is 17.7. The summed E-state index contributed by atoms with van der Waals surface area (Å²) in [6.45, 7) is 0.707. The number of ether oxygens (including phenoxy) is 1. The lowest BCUT2D eigenvalue weighted by atomic mass is 10.0. The Kier molecular flexibility index (Phi) is 6.65. The molecule has 0 aliphatic carbocycles. The molecule has 0 bridgehead atoms. The Morgan fingerprint density at radius 1 is 1.26 bits per heavy atom.